The van der Waals surface area contributed by atoms with Gasteiger partial charge in [-0.05, 0) is 12.1 Å². The molecule has 0 fully saturated rings. The number of nitrogens with zero attached hydrogens (tertiary/aromatic N) is 1. The van der Waals surface area contributed by atoms with Crippen LogP contribution in [0.25, 0.3) is 17.1 Å². The lowest BCUT2D eigenvalue weighted by Gasteiger charge is -1.92. The number of pyridine rings is 1. The summed E-state index contributed by atoms with van der Waals surface area (Å²) in [6.45, 7) is 0. The number of nitrogens with one attached hydrogen (secondary N) is 1. The third kappa shape index (κ3) is 1.83. The van der Waals surface area contributed by atoms with Gasteiger partial charge in [0.1, 0.15) is 5.65 Å². The SMILES string of the molecule is NC(=O)/C=C/c1c[nH]c2ncc(C=O)cc12. The molecule has 0 radical (unpaired) electrons. The van der Waals surface area contributed by atoms with Gasteiger partial charge >= 0.3 is 0 Å². The molecular formula is C11H9N3O2. The van der Waals surface area contributed by atoms with Gasteiger partial charge in [0.25, 0.3) is 0 Å². The minimum Gasteiger partial charge on any atom is -0.366 e. The summed E-state index contributed by atoms with van der Waals surface area (Å²) in [6, 6.07) is 1.70. The van der Waals surface area contributed by atoms with Crippen LogP contribution >= 0.6 is 0 Å². The highest BCUT2D eigenvalue weighted by Gasteiger charge is 2.03. The molecule has 2 aromatic rings. The van der Waals surface area contributed by atoms with Crippen molar-refractivity contribution >= 4 is 29.3 Å². The zero-order valence-corrected chi connectivity index (χ0v) is 8.31. The third-order valence-electron chi connectivity index (χ3n) is 2.15. The molecule has 3 N–H and O–H groups in total. The average molecular weight is 215 g/mol. The summed E-state index contributed by atoms with van der Waals surface area (Å²) >= 11 is 0. The van der Waals surface area contributed by atoms with Crippen molar-refractivity contribution in [1.82, 2.24) is 9.97 Å². The molecule has 2 aromatic heterocycles. The van der Waals surface area contributed by atoms with Gasteiger partial charge in [0.2, 0.25) is 5.91 Å². The Bertz CT molecular complexity index is 584. The van der Waals surface area contributed by atoms with Gasteiger partial charge in [-0.25, -0.2) is 4.98 Å². The Hall–Kier alpha value is -2.43. The standard InChI is InChI=1S/C11H9N3O2/c12-10(16)2-1-8-5-14-11-9(8)3-7(6-15)4-13-11/h1-6H,(H2,12,16)(H,13,14)/b2-1+. The molecule has 0 aromatic carbocycles. The van der Waals surface area contributed by atoms with Gasteiger partial charge in [0, 0.05) is 35.0 Å². The molecule has 0 saturated heterocycles. The summed E-state index contributed by atoms with van der Waals surface area (Å²) in [5.74, 6) is -0.520. The van der Waals surface area contributed by atoms with Crippen LogP contribution in [0.5, 0.6) is 0 Å². The van der Waals surface area contributed by atoms with Crippen molar-refractivity contribution in [2.75, 3.05) is 0 Å². The summed E-state index contributed by atoms with van der Waals surface area (Å²) in [5.41, 5.74) is 6.92. The van der Waals surface area contributed by atoms with Crippen LogP contribution in [-0.2, 0) is 4.79 Å². The highest BCUT2D eigenvalue weighted by atomic mass is 16.1. The highest BCUT2D eigenvalue weighted by molar-refractivity contribution is 5.95. The zero-order valence-electron chi connectivity index (χ0n) is 8.31. The van der Waals surface area contributed by atoms with Crippen molar-refractivity contribution in [2.24, 2.45) is 5.73 Å². The predicted molar refractivity (Wildman–Crippen MR) is 59.7 cm³/mol. The molecule has 0 saturated carbocycles. The van der Waals surface area contributed by atoms with Crippen LogP contribution in [0.3, 0.4) is 0 Å². The fourth-order valence-electron chi connectivity index (χ4n) is 1.41. The Morgan fingerprint density at radius 3 is 3.00 bits per heavy atom. The smallest absolute Gasteiger partial charge is 0.241 e. The molecule has 0 aliphatic heterocycles. The second kappa shape index (κ2) is 3.98. The summed E-state index contributed by atoms with van der Waals surface area (Å²) < 4.78 is 0. The molecule has 0 bridgehead atoms. The maximum atomic E-state index is 10.6. The average Bonchev–Trinajstić information content (AvgIpc) is 2.68. The van der Waals surface area contributed by atoms with Crippen LogP contribution in [0, 0.1) is 0 Å². The van der Waals surface area contributed by atoms with Crippen LogP contribution < -0.4 is 5.73 Å². The quantitative estimate of drug-likeness (QED) is 0.588. The first-order chi connectivity index (χ1) is 7.70. The van der Waals surface area contributed by atoms with E-state index < -0.39 is 5.91 Å². The first kappa shape index (κ1) is 10.1. The van der Waals surface area contributed by atoms with Crippen molar-refractivity contribution in [3.05, 3.63) is 35.7 Å². The van der Waals surface area contributed by atoms with E-state index in [4.69, 9.17) is 5.73 Å². The summed E-state index contributed by atoms with van der Waals surface area (Å²) in [7, 11) is 0. The monoisotopic (exact) mass is 215 g/mol. The second-order valence-corrected chi connectivity index (χ2v) is 3.26. The molecule has 80 valence electrons. The van der Waals surface area contributed by atoms with Gasteiger partial charge in [-0.3, -0.25) is 9.59 Å². The third-order valence-corrected chi connectivity index (χ3v) is 2.15. The minimum absolute atomic E-state index is 0.487. The number of amides is 1. The van der Waals surface area contributed by atoms with Crippen LogP contribution in [0.4, 0.5) is 0 Å². The molecule has 2 heterocycles. The lowest BCUT2D eigenvalue weighted by molar-refractivity contribution is -0.113. The molecule has 0 atom stereocenters. The number of H-pyrrole nitrogens is 1. The summed E-state index contributed by atoms with van der Waals surface area (Å²) in [4.78, 5) is 28.2. The number of carbonyl (C=O) groups is 2. The van der Waals surface area contributed by atoms with Crippen molar-refractivity contribution < 1.29 is 9.59 Å². The number of primary amides is 1. The van der Waals surface area contributed by atoms with Gasteiger partial charge in [0.05, 0.1) is 0 Å². The highest BCUT2D eigenvalue weighted by Crippen LogP contribution is 2.18. The van der Waals surface area contributed by atoms with Gasteiger partial charge in [-0.1, -0.05) is 0 Å². The molecule has 0 aliphatic carbocycles. The number of aromatic nitrogens is 2. The van der Waals surface area contributed by atoms with Crippen LogP contribution in [0.15, 0.2) is 24.5 Å². The van der Waals surface area contributed by atoms with Gasteiger partial charge < -0.3 is 10.7 Å². The van der Waals surface area contributed by atoms with E-state index in [1.54, 1.807) is 18.3 Å². The molecule has 16 heavy (non-hydrogen) atoms. The predicted octanol–water partition coefficient (Wildman–Crippen LogP) is 0.874. The maximum absolute atomic E-state index is 10.6. The molecule has 0 spiro atoms. The topological polar surface area (TPSA) is 88.8 Å². The molecule has 0 aliphatic rings. The van der Waals surface area contributed by atoms with E-state index in [2.05, 4.69) is 9.97 Å². The largest absolute Gasteiger partial charge is 0.366 e. The van der Waals surface area contributed by atoms with Crippen molar-refractivity contribution in [3.8, 4) is 0 Å². The molecule has 5 nitrogen and oxygen atoms in total. The van der Waals surface area contributed by atoms with Gasteiger partial charge in [-0.2, -0.15) is 0 Å². The minimum atomic E-state index is -0.520. The number of aldehydes is 1. The van der Waals surface area contributed by atoms with Crippen molar-refractivity contribution in [2.45, 2.75) is 0 Å². The maximum Gasteiger partial charge on any atom is 0.241 e. The number of rotatable bonds is 3. The van der Waals surface area contributed by atoms with E-state index in [-0.39, 0.29) is 0 Å². The van der Waals surface area contributed by atoms with Crippen LogP contribution in [-0.4, -0.2) is 22.2 Å². The van der Waals surface area contributed by atoms with Crippen LogP contribution in [0.1, 0.15) is 15.9 Å². The Balaban J connectivity index is 2.53. The Kier molecular flexibility index (Phi) is 2.51. The molecule has 0 unspecified atom stereocenters. The normalized spacial score (nSPS) is 11.0. The fourth-order valence-corrected chi connectivity index (χ4v) is 1.41. The number of carbonyl (C=O) groups excluding carboxylic acids is 2. The van der Waals surface area contributed by atoms with Gasteiger partial charge in [-0.15, -0.1) is 0 Å². The van der Waals surface area contributed by atoms with Crippen molar-refractivity contribution in [1.29, 1.82) is 0 Å². The second-order valence-electron chi connectivity index (χ2n) is 3.26. The van der Waals surface area contributed by atoms with E-state index in [1.807, 2.05) is 0 Å². The summed E-state index contributed by atoms with van der Waals surface area (Å²) in [5, 5.41) is 0.780. The first-order valence-corrected chi connectivity index (χ1v) is 4.60. The molecular weight excluding hydrogens is 206 g/mol. The van der Waals surface area contributed by atoms with E-state index in [1.165, 1.54) is 12.3 Å². The fraction of sp³-hybridized carbons (Fsp3) is 0. The summed E-state index contributed by atoms with van der Waals surface area (Å²) in [6.07, 6.45) is 6.74. The Labute approximate surface area is 91.0 Å². The number of hydrogen-bond acceptors (Lipinski definition) is 3. The van der Waals surface area contributed by atoms with E-state index in [0.717, 1.165) is 17.2 Å². The first-order valence-electron chi connectivity index (χ1n) is 4.60. The Morgan fingerprint density at radius 1 is 1.50 bits per heavy atom. The zero-order chi connectivity index (χ0) is 11.5. The van der Waals surface area contributed by atoms with Gasteiger partial charge in [0.15, 0.2) is 6.29 Å². The lowest BCUT2D eigenvalue weighted by Crippen LogP contribution is -2.04. The van der Waals surface area contributed by atoms with Crippen molar-refractivity contribution in [3.63, 3.8) is 0 Å². The lowest BCUT2D eigenvalue weighted by atomic mass is 10.1. The molecule has 5 heteroatoms. The van der Waals surface area contributed by atoms with E-state index >= 15 is 0 Å². The van der Waals surface area contributed by atoms with Crippen LogP contribution in [0.2, 0.25) is 0 Å². The number of nitrogens with two attached hydrogens (primary N) is 1. The van der Waals surface area contributed by atoms with E-state index in [0.29, 0.717) is 11.2 Å². The molecule has 1 amide bonds. The Morgan fingerprint density at radius 2 is 2.31 bits per heavy atom. The number of aromatic amines is 1. The molecule has 2 rings (SSSR count). The number of hydrogen-bond donors (Lipinski definition) is 2. The van der Waals surface area contributed by atoms with E-state index in [9.17, 15) is 9.59 Å². The number of fused-ring (bicyclic) bond motifs is 1.